The van der Waals surface area contributed by atoms with Gasteiger partial charge in [-0.15, -0.1) is 0 Å². The molecule has 2 aromatic rings. The number of phenolic OH excluding ortho intramolecular Hbond substituents is 1. The van der Waals surface area contributed by atoms with E-state index in [-0.39, 0.29) is 24.8 Å². The van der Waals surface area contributed by atoms with E-state index in [1.807, 2.05) is 0 Å². The molecule has 7 nitrogen and oxygen atoms in total. The van der Waals surface area contributed by atoms with Gasteiger partial charge in [-0.1, -0.05) is 0 Å². The maximum atomic E-state index is 12.0. The van der Waals surface area contributed by atoms with Crippen molar-refractivity contribution in [2.45, 2.75) is 6.54 Å². The van der Waals surface area contributed by atoms with Crippen LogP contribution >= 0.6 is 0 Å². The number of phenols is 1. The number of nitrogens with one attached hydrogen (secondary N) is 1. The minimum absolute atomic E-state index is 0.0384. The van der Waals surface area contributed by atoms with Crippen LogP contribution in [0.5, 0.6) is 5.75 Å². The number of nitrogen functional groups attached to an aromatic ring is 1. The zero-order valence-corrected chi connectivity index (χ0v) is 13.5. The number of rotatable bonds is 5. The molecule has 0 aliphatic rings. The molecule has 1 heterocycles. The minimum atomic E-state index is -0.381. The third kappa shape index (κ3) is 3.90. The second-order valence-electron chi connectivity index (χ2n) is 4.47. The van der Waals surface area contributed by atoms with E-state index < -0.39 is 0 Å². The van der Waals surface area contributed by atoms with Gasteiger partial charge in [0, 0.05) is 0 Å². The van der Waals surface area contributed by atoms with Crippen molar-refractivity contribution >= 4 is 44.7 Å². The van der Waals surface area contributed by atoms with Crippen molar-refractivity contribution in [1.29, 1.82) is 0 Å². The fraction of sp³-hybridized carbons (Fsp3) is 0.143. The zero-order chi connectivity index (χ0) is 16.1. The number of hydrogen-bond donors (Lipinski definition) is 4. The Balaban J connectivity index is 2.11. The Bertz CT molecular complexity index is 712. The number of aromatic nitrogens is 2. The molecule has 0 fully saturated rings. The van der Waals surface area contributed by atoms with Crippen molar-refractivity contribution in [2.24, 2.45) is 0 Å². The van der Waals surface area contributed by atoms with Crippen molar-refractivity contribution in [3.63, 3.8) is 0 Å². The van der Waals surface area contributed by atoms with Gasteiger partial charge in [-0.05, 0) is 0 Å². The molecule has 0 spiro atoms. The molecule has 5 N–H and O–H groups in total. The molecule has 0 unspecified atom stereocenters. The summed E-state index contributed by atoms with van der Waals surface area (Å²) in [4.78, 5) is 12.0. The molecule has 114 valence electrons. The van der Waals surface area contributed by atoms with Crippen LogP contribution in [0.2, 0.25) is 0 Å². The Kier molecular flexibility index (Phi) is 5.25. The molecule has 2 radical (unpaired) electrons. The van der Waals surface area contributed by atoms with Crippen LogP contribution in [0.4, 0.5) is 11.5 Å². The van der Waals surface area contributed by atoms with Crippen LogP contribution in [-0.2, 0) is 11.3 Å². The van der Waals surface area contributed by atoms with E-state index in [0.29, 0.717) is 17.1 Å². The summed E-state index contributed by atoms with van der Waals surface area (Å²) < 4.78 is 2.23. The third-order valence-corrected chi connectivity index (χ3v) is 3.53. The van der Waals surface area contributed by atoms with Crippen LogP contribution in [0, 0.1) is 0 Å². The number of aliphatic hydroxyl groups is 1. The Morgan fingerprint density at radius 2 is 2.27 bits per heavy atom. The van der Waals surface area contributed by atoms with Gasteiger partial charge in [0.05, 0.1) is 0 Å². The molecule has 0 aliphatic carbocycles. The Labute approximate surface area is 135 Å². The van der Waals surface area contributed by atoms with Crippen molar-refractivity contribution in [3.8, 4) is 5.75 Å². The molecule has 0 atom stereocenters. The second-order valence-corrected chi connectivity index (χ2v) is 5.48. The van der Waals surface area contributed by atoms with Crippen LogP contribution in [0.15, 0.2) is 30.5 Å². The summed E-state index contributed by atoms with van der Waals surface area (Å²) in [7, 11) is 0. The first-order valence-electron chi connectivity index (χ1n) is 6.44. The molecule has 0 saturated heterocycles. The molecule has 0 saturated carbocycles. The standard InChI is InChI=1S/C14H15AsN4O3/c15-11-8-17-19(5-6-20)14(11)18-13(22)4-1-9-7-10(16)2-3-12(9)21/h1-4,7-8,20-21H,5-6,16H2,(H,18,22)/b4-1+. The maximum absolute atomic E-state index is 12.0. The molecule has 1 aromatic carbocycles. The first-order valence-corrected chi connectivity index (χ1v) is 7.38. The number of nitrogens with zero attached hydrogens (tertiary/aromatic N) is 2. The van der Waals surface area contributed by atoms with Gasteiger partial charge >= 0.3 is 135 Å². The number of hydrogen-bond acceptors (Lipinski definition) is 5. The van der Waals surface area contributed by atoms with Crippen molar-refractivity contribution in [2.75, 3.05) is 17.7 Å². The summed E-state index contributed by atoms with van der Waals surface area (Å²) in [6.45, 7) is 0.205. The molecule has 1 amide bonds. The Morgan fingerprint density at radius 3 is 3.00 bits per heavy atom. The first-order chi connectivity index (χ1) is 10.5. The normalized spacial score (nSPS) is 11.0. The van der Waals surface area contributed by atoms with E-state index in [0.717, 1.165) is 4.35 Å². The van der Waals surface area contributed by atoms with Gasteiger partial charge in [-0.2, -0.15) is 0 Å². The van der Waals surface area contributed by atoms with E-state index >= 15 is 0 Å². The SMILES string of the molecule is Nc1ccc(O)c(/C=C/C(=O)Nc2c([As])cnn2CCO)c1. The van der Waals surface area contributed by atoms with Crippen LogP contribution in [0.3, 0.4) is 0 Å². The number of aliphatic hydroxyl groups excluding tert-OH is 1. The molecular formula is C14H15AsN4O3. The summed E-state index contributed by atoms with van der Waals surface area (Å²) in [5, 5.41) is 25.4. The quantitative estimate of drug-likeness (QED) is 0.250. The fourth-order valence-electron chi connectivity index (χ4n) is 1.80. The molecule has 0 bridgehead atoms. The third-order valence-electron chi connectivity index (χ3n) is 2.84. The number of aromatic hydroxyl groups is 1. The fourth-order valence-corrected chi connectivity index (χ4v) is 2.27. The number of amides is 1. The van der Waals surface area contributed by atoms with Gasteiger partial charge in [0.2, 0.25) is 0 Å². The number of carbonyl (C=O) groups is 1. The van der Waals surface area contributed by atoms with E-state index in [9.17, 15) is 9.90 Å². The Morgan fingerprint density at radius 1 is 1.50 bits per heavy atom. The van der Waals surface area contributed by atoms with Gasteiger partial charge in [-0.25, -0.2) is 0 Å². The summed E-state index contributed by atoms with van der Waals surface area (Å²) in [5.74, 6) is 0.158. The summed E-state index contributed by atoms with van der Waals surface area (Å²) in [5.41, 5.74) is 6.58. The monoisotopic (exact) mass is 362 g/mol. The Hall–Kier alpha value is -2.24. The summed E-state index contributed by atoms with van der Waals surface area (Å²) in [6.07, 6.45) is 4.34. The van der Waals surface area contributed by atoms with Crippen LogP contribution in [0.25, 0.3) is 6.08 Å². The van der Waals surface area contributed by atoms with Crippen LogP contribution in [-0.4, -0.2) is 49.4 Å². The number of benzene rings is 1. The summed E-state index contributed by atoms with van der Waals surface area (Å²) in [6, 6.07) is 4.60. The molecule has 0 aliphatic heterocycles. The molecule has 8 heteroatoms. The van der Waals surface area contributed by atoms with Crippen LogP contribution in [0.1, 0.15) is 5.56 Å². The van der Waals surface area contributed by atoms with Gasteiger partial charge in [-0.3, -0.25) is 0 Å². The van der Waals surface area contributed by atoms with Gasteiger partial charge in [0.1, 0.15) is 0 Å². The van der Waals surface area contributed by atoms with Crippen molar-refractivity contribution in [1.82, 2.24) is 9.78 Å². The van der Waals surface area contributed by atoms with E-state index in [1.165, 1.54) is 22.9 Å². The van der Waals surface area contributed by atoms with Gasteiger partial charge < -0.3 is 0 Å². The van der Waals surface area contributed by atoms with E-state index in [1.54, 1.807) is 18.3 Å². The average Bonchev–Trinajstić information content (AvgIpc) is 2.82. The first kappa shape index (κ1) is 16.1. The summed E-state index contributed by atoms with van der Waals surface area (Å²) >= 11 is 2.30. The predicted octanol–water partition coefficient (Wildman–Crippen LogP) is -0.391. The van der Waals surface area contributed by atoms with Crippen molar-refractivity contribution < 1.29 is 15.0 Å². The van der Waals surface area contributed by atoms with E-state index in [2.05, 4.69) is 27.3 Å². The number of carbonyl (C=O) groups excluding carboxylic acids is 1. The number of anilines is 2. The molecule has 2 rings (SSSR count). The second kappa shape index (κ2) is 7.15. The van der Waals surface area contributed by atoms with Gasteiger partial charge in [0.25, 0.3) is 0 Å². The average molecular weight is 362 g/mol. The number of nitrogens with two attached hydrogens (primary N) is 1. The van der Waals surface area contributed by atoms with E-state index in [4.69, 9.17) is 10.8 Å². The molecule has 1 aromatic heterocycles. The molecular weight excluding hydrogens is 347 g/mol. The predicted molar refractivity (Wildman–Crippen MR) is 84.9 cm³/mol. The zero-order valence-electron chi connectivity index (χ0n) is 11.6. The van der Waals surface area contributed by atoms with Crippen molar-refractivity contribution in [3.05, 3.63) is 36.0 Å². The van der Waals surface area contributed by atoms with Gasteiger partial charge in [0.15, 0.2) is 0 Å². The topological polar surface area (TPSA) is 113 Å². The van der Waals surface area contributed by atoms with Crippen LogP contribution < -0.4 is 15.4 Å². The molecule has 22 heavy (non-hydrogen) atoms.